The molecule has 6 nitrogen and oxygen atoms in total. The number of hydrogen-bond acceptors (Lipinski definition) is 4. The summed E-state index contributed by atoms with van der Waals surface area (Å²) in [4.78, 5) is 20.4. The molecule has 1 unspecified atom stereocenters. The van der Waals surface area contributed by atoms with Crippen molar-refractivity contribution in [1.82, 2.24) is 0 Å². The van der Waals surface area contributed by atoms with Crippen molar-refractivity contribution in [2.24, 2.45) is 5.92 Å². The normalized spacial score (nSPS) is 11.9. The van der Waals surface area contributed by atoms with Crippen molar-refractivity contribution in [2.45, 2.75) is 26.2 Å². The van der Waals surface area contributed by atoms with Gasteiger partial charge in [-0.2, -0.15) is 4.39 Å². The van der Waals surface area contributed by atoms with E-state index in [0.29, 0.717) is 19.4 Å². The lowest BCUT2D eigenvalue weighted by Crippen LogP contribution is -2.10. The molecule has 0 aliphatic rings. The molecule has 2 N–H and O–H groups in total. The minimum atomic E-state index is -0.876. The first-order valence-electron chi connectivity index (χ1n) is 6.30. The summed E-state index contributed by atoms with van der Waals surface area (Å²) in [6.07, 6.45) is 1.30. The van der Waals surface area contributed by atoms with Crippen LogP contribution in [0.15, 0.2) is 18.2 Å². The van der Waals surface area contributed by atoms with Gasteiger partial charge in [0.2, 0.25) is 5.82 Å². The van der Waals surface area contributed by atoms with E-state index in [1.54, 1.807) is 0 Å². The van der Waals surface area contributed by atoms with E-state index in [9.17, 15) is 19.3 Å². The van der Waals surface area contributed by atoms with E-state index < -0.39 is 22.4 Å². The lowest BCUT2D eigenvalue weighted by atomic mass is 10.0. The molecule has 1 atom stereocenters. The molecule has 1 aromatic carbocycles. The highest BCUT2D eigenvalue weighted by Crippen LogP contribution is 2.27. The molecule has 1 rings (SSSR count). The standard InChI is InChI=1S/C13H17FN2O4/c1-9(5-6-12(17)18)7-8-15-11-4-2-3-10(14)13(11)16(19)20/h2-4,9,15H,5-8H2,1H3,(H,17,18). The average molecular weight is 284 g/mol. The van der Waals surface area contributed by atoms with Gasteiger partial charge in [0.25, 0.3) is 0 Å². The van der Waals surface area contributed by atoms with Gasteiger partial charge in [0.05, 0.1) is 4.92 Å². The number of rotatable bonds is 8. The maximum absolute atomic E-state index is 13.3. The number of nitro groups is 1. The van der Waals surface area contributed by atoms with Crippen LogP contribution in [0.2, 0.25) is 0 Å². The number of hydrogen-bond donors (Lipinski definition) is 2. The second-order valence-corrected chi connectivity index (χ2v) is 4.65. The van der Waals surface area contributed by atoms with Crippen molar-refractivity contribution in [2.75, 3.05) is 11.9 Å². The lowest BCUT2D eigenvalue weighted by molar-refractivity contribution is -0.386. The molecule has 0 saturated carbocycles. The number of para-hydroxylation sites is 1. The van der Waals surface area contributed by atoms with Crippen LogP contribution in [0.1, 0.15) is 26.2 Å². The van der Waals surface area contributed by atoms with Crippen LogP contribution in [-0.2, 0) is 4.79 Å². The Labute approximate surface area is 115 Å². The first-order valence-corrected chi connectivity index (χ1v) is 6.30. The average Bonchev–Trinajstić information content (AvgIpc) is 2.36. The Morgan fingerprint density at radius 2 is 2.20 bits per heavy atom. The molecule has 0 spiro atoms. The molecule has 0 aliphatic heterocycles. The Morgan fingerprint density at radius 1 is 1.50 bits per heavy atom. The van der Waals surface area contributed by atoms with Crippen molar-refractivity contribution < 1.29 is 19.2 Å². The first kappa shape index (κ1) is 15.9. The van der Waals surface area contributed by atoms with Gasteiger partial charge in [-0.3, -0.25) is 14.9 Å². The highest BCUT2D eigenvalue weighted by molar-refractivity contribution is 5.66. The van der Waals surface area contributed by atoms with Crippen LogP contribution in [-0.4, -0.2) is 22.5 Å². The molecule has 0 aliphatic carbocycles. The van der Waals surface area contributed by atoms with E-state index in [1.165, 1.54) is 12.1 Å². The van der Waals surface area contributed by atoms with Gasteiger partial charge in [0, 0.05) is 13.0 Å². The summed E-state index contributed by atoms with van der Waals surface area (Å²) in [5, 5.41) is 22.2. The number of carboxylic acid groups (broad SMARTS) is 1. The maximum Gasteiger partial charge on any atom is 0.327 e. The molecule has 0 heterocycles. The number of aliphatic carboxylic acids is 1. The molecule has 0 fully saturated rings. The fraction of sp³-hybridized carbons (Fsp3) is 0.462. The third kappa shape index (κ3) is 4.83. The van der Waals surface area contributed by atoms with E-state index in [4.69, 9.17) is 5.11 Å². The van der Waals surface area contributed by atoms with E-state index in [1.807, 2.05) is 6.92 Å². The highest BCUT2D eigenvalue weighted by Gasteiger charge is 2.19. The van der Waals surface area contributed by atoms with Crippen molar-refractivity contribution in [1.29, 1.82) is 0 Å². The second kappa shape index (κ2) is 7.42. The molecular weight excluding hydrogens is 267 g/mol. The van der Waals surface area contributed by atoms with Crippen LogP contribution in [0.25, 0.3) is 0 Å². The van der Waals surface area contributed by atoms with Gasteiger partial charge in [-0.05, 0) is 30.9 Å². The predicted molar refractivity (Wildman–Crippen MR) is 72.2 cm³/mol. The Morgan fingerprint density at radius 3 is 2.80 bits per heavy atom. The Hall–Kier alpha value is -2.18. The monoisotopic (exact) mass is 284 g/mol. The summed E-state index contributed by atoms with van der Waals surface area (Å²) >= 11 is 0. The molecule has 0 bridgehead atoms. The van der Waals surface area contributed by atoms with Crippen molar-refractivity contribution in [3.63, 3.8) is 0 Å². The first-order chi connectivity index (χ1) is 9.41. The summed E-state index contributed by atoms with van der Waals surface area (Å²) in [7, 11) is 0. The van der Waals surface area contributed by atoms with E-state index in [0.717, 1.165) is 6.07 Å². The smallest absolute Gasteiger partial charge is 0.327 e. The van der Waals surface area contributed by atoms with Gasteiger partial charge in [-0.1, -0.05) is 13.0 Å². The Kier molecular flexibility index (Phi) is 5.89. The quantitative estimate of drug-likeness (QED) is 0.565. The number of nitro benzene ring substituents is 1. The molecule has 0 aromatic heterocycles. The zero-order valence-electron chi connectivity index (χ0n) is 11.1. The summed E-state index contributed by atoms with van der Waals surface area (Å²) in [5.74, 6) is -1.55. The fourth-order valence-corrected chi connectivity index (χ4v) is 1.81. The van der Waals surface area contributed by atoms with Gasteiger partial charge < -0.3 is 10.4 Å². The van der Waals surface area contributed by atoms with Gasteiger partial charge in [0.15, 0.2) is 0 Å². The third-order valence-electron chi connectivity index (χ3n) is 2.97. The zero-order chi connectivity index (χ0) is 15.1. The number of benzene rings is 1. The van der Waals surface area contributed by atoms with Crippen LogP contribution < -0.4 is 5.32 Å². The lowest BCUT2D eigenvalue weighted by Gasteiger charge is -2.11. The molecular formula is C13H17FN2O4. The van der Waals surface area contributed by atoms with E-state index in [-0.39, 0.29) is 18.0 Å². The van der Waals surface area contributed by atoms with Crippen LogP contribution in [0.5, 0.6) is 0 Å². The van der Waals surface area contributed by atoms with Crippen LogP contribution >= 0.6 is 0 Å². The molecule has 0 saturated heterocycles. The Balaban J connectivity index is 2.52. The number of carboxylic acids is 1. The van der Waals surface area contributed by atoms with Crippen LogP contribution in [0.3, 0.4) is 0 Å². The number of anilines is 1. The summed E-state index contributed by atoms with van der Waals surface area (Å²) < 4.78 is 13.3. The zero-order valence-corrected chi connectivity index (χ0v) is 11.1. The molecule has 0 amide bonds. The van der Waals surface area contributed by atoms with E-state index >= 15 is 0 Å². The minimum Gasteiger partial charge on any atom is -0.481 e. The third-order valence-corrected chi connectivity index (χ3v) is 2.97. The maximum atomic E-state index is 13.3. The summed E-state index contributed by atoms with van der Waals surface area (Å²) in [6.45, 7) is 2.33. The number of halogens is 1. The largest absolute Gasteiger partial charge is 0.481 e. The van der Waals surface area contributed by atoms with Gasteiger partial charge in [-0.25, -0.2) is 0 Å². The predicted octanol–water partition coefficient (Wildman–Crippen LogP) is 3.04. The molecule has 110 valence electrons. The van der Waals surface area contributed by atoms with Crippen LogP contribution in [0, 0.1) is 21.8 Å². The minimum absolute atomic E-state index is 0.0985. The highest BCUT2D eigenvalue weighted by atomic mass is 19.1. The molecule has 7 heteroatoms. The number of nitrogens with one attached hydrogen (secondary N) is 1. The summed E-state index contributed by atoms with van der Waals surface area (Å²) in [5.41, 5.74) is -0.425. The van der Waals surface area contributed by atoms with Crippen LogP contribution in [0.4, 0.5) is 15.8 Å². The summed E-state index contributed by atoms with van der Waals surface area (Å²) in [6, 6.07) is 3.89. The molecule has 1 aromatic rings. The molecule has 0 radical (unpaired) electrons. The van der Waals surface area contributed by atoms with E-state index in [2.05, 4.69) is 5.32 Å². The van der Waals surface area contributed by atoms with Gasteiger partial charge in [0.1, 0.15) is 5.69 Å². The second-order valence-electron chi connectivity index (χ2n) is 4.65. The topological polar surface area (TPSA) is 92.5 Å². The number of carbonyl (C=O) groups is 1. The van der Waals surface area contributed by atoms with Crippen molar-refractivity contribution in [3.8, 4) is 0 Å². The van der Waals surface area contributed by atoms with Gasteiger partial charge in [-0.15, -0.1) is 0 Å². The van der Waals surface area contributed by atoms with Gasteiger partial charge >= 0.3 is 11.7 Å². The molecule has 20 heavy (non-hydrogen) atoms. The SMILES string of the molecule is CC(CCNc1cccc(F)c1[N+](=O)[O-])CCC(=O)O. The fourth-order valence-electron chi connectivity index (χ4n) is 1.81. The van der Waals surface area contributed by atoms with Crippen molar-refractivity contribution >= 4 is 17.3 Å². The number of nitrogens with zero attached hydrogens (tertiary/aromatic N) is 1. The Bertz CT molecular complexity index is 493. The van der Waals surface area contributed by atoms with Crippen molar-refractivity contribution in [3.05, 3.63) is 34.1 Å².